The van der Waals surface area contributed by atoms with Crippen molar-refractivity contribution >= 4 is 23.4 Å². The lowest BCUT2D eigenvalue weighted by Crippen LogP contribution is -2.15. The summed E-state index contributed by atoms with van der Waals surface area (Å²) in [6.45, 7) is 3.96. The van der Waals surface area contributed by atoms with Crippen molar-refractivity contribution in [1.82, 2.24) is 0 Å². The van der Waals surface area contributed by atoms with Gasteiger partial charge in [0.25, 0.3) is 0 Å². The topological polar surface area (TPSA) is 0 Å². The van der Waals surface area contributed by atoms with E-state index in [1.165, 1.54) is 5.56 Å². The third kappa shape index (κ3) is 2.04. The van der Waals surface area contributed by atoms with Crippen molar-refractivity contribution in [2.45, 2.75) is 11.2 Å². The van der Waals surface area contributed by atoms with Crippen LogP contribution >= 0.6 is 23.4 Å². The predicted molar refractivity (Wildman–Crippen MR) is 72.5 cm³/mol. The monoisotopic (exact) mass is 246 g/mol. The van der Waals surface area contributed by atoms with E-state index in [9.17, 15) is 0 Å². The summed E-state index contributed by atoms with van der Waals surface area (Å²) in [5, 5.41) is 0.741. The summed E-state index contributed by atoms with van der Waals surface area (Å²) < 4.78 is -0.156. The second-order valence-corrected chi connectivity index (χ2v) is 5.57. The Bertz CT molecular complexity index is 478. The molecular formula is C14H11ClS. The predicted octanol–water partition coefficient (Wildman–Crippen LogP) is 4.38. The molecule has 0 saturated heterocycles. The quantitative estimate of drug-likeness (QED) is 0.698. The van der Waals surface area contributed by atoms with Crippen LogP contribution in [0.4, 0.5) is 0 Å². The van der Waals surface area contributed by atoms with E-state index >= 15 is 0 Å². The first kappa shape index (κ1) is 11.4. The smallest absolute Gasteiger partial charge is 0.0747 e. The van der Waals surface area contributed by atoms with E-state index in [2.05, 4.69) is 18.6 Å². The van der Waals surface area contributed by atoms with Gasteiger partial charge in [-0.25, -0.2) is 0 Å². The maximum absolute atomic E-state index is 5.89. The minimum Gasteiger partial charge on any atom is -0.120 e. The fourth-order valence-electron chi connectivity index (χ4n) is 1.77. The van der Waals surface area contributed by atoms with Gasteiger partial charge in [-0.3, -0.25) is 0 Å². The molecule has 0 aliphatic carbocycles. The number of halogens is 1. The summed E-state index contributed by atoms with van der Waals surface area (Å²) in [7, 11) is 0. The number of hydrogen-bond donors (Lipinski definition) is 0. The molecule has 0 radical (unpaired) electrons. The van der Waals surface area contributed by atoms with Crippen LogP contribution in [0.5, 0.6) is 0 Å². The average molecular weight is 247 g/mol. The van der Waals surface area contributed by atoms with Crippen LogP contribution in [0.2, 0.25) is 5.02 Å². The van der Waals surface area contributed by atoms with Gasteiger partial charge < -0.3 is 0 Å². The molecule has 1 aliphatic rings. The SMILES string of the molecule is C#CCC1(c2ccc(Cl)cc2)C=CC(=C)S1. The van der Waals surface area contributed by atoms with E-state index in [1.54, 1.807) is 11.8 Å². The normalized spacial score (nSPS) is 23.4. The molecule has 0 nitrogen and oxygen atoms in total. The van der Waals surface area contributed by atoms with Crippen LogP contribution in [-0.4, -0.2) is 0 Å². The Hall–Kier alpha value is -1.10. The minimum atomic E-state index is -0.156. The molecule has 1 aromatic carbocycles. The summed E-state index contributed by atoms with van der Waals surface area (Å²) in [4.78, 5) is 1.05. The lowest BCUT2D eigenvalue weighted by atomic mass is 9.94. The van der Waals surface area contributed by atoms with Crippen molar-refractivity contribution in [1.29, 1.82) is 0 Å². The van der Waals surface area contributed by atoms with Gasteiger partial charge in [-0.15, -0.1) is 24.1 Å². The van der Waals surface area contributed by atoms with Crippen molar-refractivity contribution in [3.63, 3.8) is 0 Å². The zero-order valence-corrected chi connectivity index (χ0v) is 10.3. The van der Waals surface area contributed by atoms with Gasteiger partial charge >= 0.3 is 0 Å². The molecule has 0 N–H and O–H groups in total. The Morgan fingerprint density at radius 1 is 1.38 bits per heavy atom. The Morgan fingerprint density at radius 2 is 2.06 bits per heavy atom. The van der Waals surface area contributed by atoms with Crippen molar-refractivity contribution in [2.75, 3.05) is 0 Å². The first-order chi connectivity index (χ1) is 7.66. The van der Waals surface area contributed by atoms with Crippen LogP contribution in [0.1, 0.15) is 12.0 Å². The number of allylic oxidation sites excluding steroid dienone is 1. The maximum atomic E-state index is 5.89. The lowest BCUT2D eigenvalue weighted by Gasteiger charge is -2.24. The highest BCUT2D eigenvalue weighted by Crippen LogP contribution is 2.49. The van der Waals surface area contributed by atoms with Gasteiger partial charge in [0.2, 0.25) is 0 Å². The van der Waals surface area contributed by atoms with Crippen molar-refractivity contribution < 1.29 is 0 Å². The molecule has 2 heteroatoms. The number of terminal acetylenes is 1. The first-order valence-corrected chi connectivity index (χ1v) is 6.12. The Morgan fingerprint density at radius 3 is 2.56 bits per heavy atom. The number of thioether (sulfide) groups is 1. The van der Waals surface area contributed by atoms with Gasteiger partial charge in [-0.2, -0.15) is 0 Å². The summed E-state index contributed by atoms with van der Waals surface area (Å²) in [5.41, 5.74) is 1.18. The molecule has 0 amide bonds. The first-order valence-electron chi connectivity index (χ1n) is 4.93. The van der Waals surface area contributed by atoms with Crippen molar-refractivity contribution in [3.8, 4) is 12.3 Å². The molecule has 0 aromatic heterocycles. The van der Waals surface area contributed by atoms with Gasteiger partial charge in [0.15, 0.2) is 0 Å². The fourth-order valence-corrected chi connectivity index (χ4v) is 3.04. The number of benzene rings is 1. The molecule has 1 heterocycles. The fraction of sp³-hybridized carbons (Fsp3) is 0.143. The van der Waals surface area contributed by atoms with E-state index in [0.29, 0.717) is 6.42 Å². The molecule has 0 spiro atoms. The highest BCUT2D eigenvalue weighted by atomic mass is 35.5. The van der Waals surface area contributed by atoms with E-state index in [-0.39, 0.29) is 4.75 Å². The number of rotatable bonds is 2. The van der Waals surface area contributed by atoms with Crippen LogP contribution < -0.4 is 0 Å². The second kappa shape index (κ2) is 4.41. The Balaban J connectivity index is 2.41. The van der Waals surface area contributed by atoms with Gasteiger partial charge in [-0.05, 0) is 17.7 Å². The van der Waals surface area contributed by atoms with Crippen LogP contribution in [0.15, 0.2) is 47.9 Å². The van der Waals surface area contributed by atoms with Gasteiger partial charge in [0, 0.05) is 16.3 Å². The second-order valence-electron chi connectivity index (χ2n) is 3.68. The minimum absolute atomic E-state index is 0.156. The van der Waals surface area contributed by atoms with Gasteiger partial charge in [0.05, 0.1) is 4.75 Å². The van der Waals surface area contributed by atoms with E-state index < -0.39 is 0 Å². The van der Waals surface area contributed by atoms with E-state index in [4.69, 9.17) is 18.0 Å². The maximum Gasteiger partial charge on any atom is 0.0747 e. The molecule has 1 atom stereocenters. The zero-order chi connectivity index (χ0) is 11.6. The largest absolute Gasteiger partial charge is 0.120 e. The van der Waals surface area contributed by atoms with Crippen LogP contribution in [0, 0.1) is 12.3 Å². The molecule has 0 bridgehead atoms. The molecule has 16 heavy (non-hydrogen) atoms. The van der Waals surface area contributed by atoms with Crippen LogP contribution in [0.25, 0.3) is 0 Å². The van der Waals surface area contributed by atoms with E-state index in [0.717, 1.165) is 9.93 Å². The summed E-state index contributed by atoms with van der Waals surface area (Å²) >= 11 is 7.59. The summed E-state index contributed by atoms with van der Waals surface area (Å²) in [6, 6.07) is 7.83. The van der Waals surface area contributed by atoms with Crippen molar-refractivity contribution in [2.24, 2.45) is 0 Å². The molecule has 1 aromatic rings. The Kier molecular flexibility index (Phi) is 3.14. The summed E-state index contributed by atoms with van der Waals surface area (Å²) in [5.74, 6) is 2.74. The molecule has 2 rings (SSSR count). The molecule has 0 saturated carbocycles. The third-order valence-corrected chi connectivity index (χ3v) is 4.08. The molecule has 0 fully saturated rings. The van der Waals surface area contributed by atoms with Crippen LogP contribution in [-0.2, 0) is 4.75 Å². The van der Waals surface area contributed by atoms with Crippen molar-refractivity contribution in [3.05, 3.63) is 58.5 Å². The van der Waals surface area contributed by atoms with E-state index in [1.807, 2.05) is 30.3 Å². The lowest BCUT2D eigenvalue weighted by molar-refractivity contribution is 0.814. The third-order valence-electron chi connectivity index (χ3n) is 2.55. The zero-order valence-electron chi connectivity index (χ0n) is 8.74. The molecule has 1 unspecified atom stereocenters. The molecule has 80 valence electrons. The van der Waals surface area contributed by atoms with Crippen LogP contribution in [0.3, 0.4) is 0 Å². The highest BCUT2D eigenvalue weighted by Gasteiger charge is 2.33. The number of hydrogen-bond acceptors (Lipinski definition) is 1. The van der Waals surface area contributed by atoms with Gasteiger partial charge in [0.1, 0.15) is 0 Å². The van der Waals surface area contributed by atoms with Gasteiger partial charge in [-0.1, -0.05) is 42.5 Å². The average Bonchev–Trinajstić information content (AvgIpc) is 2.63. The molecular weight excluding hydrogens is 236 g/mol. The Labute approximate surface area is 105 Å². The summed E-state index contributed by atoms with van der Waals surface area (Å²) in [6.07, 6.45) is 10.3. The standard InChI is InChI=1S/C14H11ClS/c1-3-9-14(10-8-11(2)16-14)12-4-6-13(15)7-5-12/h1,4-8,10H,2,9H2. The molecule has 1 aliphatic heterocycles. The highest BCUT2D eigenvalue weighted by molar-refractivity contribution is 8.04.